The number of halogens is 1. The fraction of sp³-hybridized carbons (Fsp3) is 0.267. The summed E-state index contributed by atoms with van der Waals surface area (Å²) in [6.45, 7) is 0.763. The highest BCUT2D eigenvalue weighted by Crippen LogP contribution is 2.35. The van der Waals surface area contributed by atoms with Crippen molar-refractivity contribution < 1.29 is 9.47 Å². The van der Waals surface area contributed by atoms with E-state index in [-0.39, 0.29) is 0 Å². The summed E-state index contributed by atoms with van der Waals surface area (Å²) in [6.07, 6.45) is 0.931. The minimum absolute atomic E-state index is 0.487. The number of anilines is 1. The molecule has 0 aliphatic heterocycles. The van der Waals surface area contributed by atoms with E-state index in [1.807, 2.05) is 6.07 Å². The van der Waals surface area contributed by atoms with Crippen molar-refractivity contribution in [3.63, 3.8) is 0 Å². The first-order chi connectivity index (χ1) is 10.6. The van der Waals surface area contributed by atoms with Gasteiger partial charge in [-0.15, -0.1) is 11.3 Å². The van der Waals surface area contributed by atoms with Gasteiger partial charge in [0.15, 0.2) is 5.11 Å². The zero-order valence-corrected chi connectivity index (χ0v) is 14.7. The number of nitrogens with one attached hydrogen (secondary N) is 2. The summed E-state index contributed by atoms with van der Waals surface area (Å²) in [5, 5.41) is 9.35. The van der Waals surface area contributed by atoms with Crippen molar-refractivity contribution in [2.24, 2.45) is 0 Å². The van der Waals surface area contributed by atoms with E-state index >= 15 is 0 Å². The summed E-state index contributed by atoms with van der Waals surface area (Å²) in [6, 6.07) is 7.60. The highest BCUT2D eigenvalue weighted by atomic mass is 35.5. The first-order valence-electron chi connectivity index (χ1n) is 6.62. The fourth-order valence-electron chi connectivity index (χ4n) is 1.88. The predicted octanol–water partition coefficient (Wildman–Crippen LogP) is 3.95. The lowest BCUT2D eigenvalue weighted by molar-refractivity contribution is 0.405. The topological polar surface area (TPSA) is 42.5 Å². The van der Waals surface area contributed by atoms with Gasteiger partial charge in [-0.1, -0.05) is 17.7 Å². The minimum Gasteiger partial charge on any atom is -0.495 e. The molecule has 0 radical (unpaired) electrons. The molecule has 2 N–H and O–H groups in total. The molecule has 0 atom stereocenters. The SMILES string of the molecule is COc1cc(NC(=S)NCCc2cccs2)c(OC)cc1Cl. The van der Waals surface area contributed by atoms with Crippen LogP contribution in [0.25, 0.3) is 0 Å². The van der Waals surface area contributed by atoms with Gasteiger partial charge < -0.3 is 20.1 Å². The highest BCUT2D eigenvalue weighted by Gasteiger charge is 2.11. The number of methoxy groups -OCH3 is 2. The molecule has 2 rings (SSSR count). The van der Waals surface area contributed by atoms with Crippen LogP contribution in [0.2, 0.25) is 5.02 Å². The molecule has 0 fully saturated rings. The van der Waals surface area contributed by atoms with Gasteiger partial charge in [-0.3, -0.25) is 0 Å². The van der Waals surface area contributed by atoms with Crippen molar-refractivity contribution in [3.05, 3.63) is 39.5 Å². The molecule has 22 heavy (non-hydrogen) atoms. The minimum atomic E-state index is 0.487. The van der Waals surface area contributed by atoms with E-state index in [1.165, 1.54) is 4.88 Å². The van der Waals surface area contributed by atoms with Gasteiger partial charge in [-0.2, -0.15) is 0 Å². The first kappa shape index (κ1) is 16.9. The zero-order valence-electron chi connectivity index (χ0n) is 12.3. The number of thiophene rings is 1. The zero-order chi connectivity index (χ0) is 15.9. The summed E-state index contributed by atoms with van der Waals surface area (Å²) in [4.78, 5) is 1.32. The van der Waals surface area contributed by atoms with Crippen LogP contribution in [0.4, 0.5) is 5.69 Å². The largest absolute Gasteiger partial charge is 0.495 e. The van der Waals surface area contributed by atoms with Crippen LogP contribution in [0.5, 0.6) is 11.5 Å². The smallest absolute Gasteiger partial charge is 0.170 e. The summed E-state index contributed by atoms with van der Waals surface area (Å²) in [5.41, 5.74) is 0.706. The molecular formula is C15H17ClN2O2S2. The van der Waals surface area contributed by atoms with Crippen LogP contribution in [0, 0.1) is 0 Å². The third-order valence-electron chi connectivity index (χ3n) is 2.96. The Kier molecular flexibility index (Phi) is 6.30. The summed E-state index contributed by atoms with van der Waals surface area (Å²) in [7, 11) is 3.14. The quantitative estimate of drug-likeness (QED) is 0.767. The molecule has 1 heterocycles. The first-order valence-corrected chi connectivity index (χ1v) is 8.29. The molecule has 0 saturated heterocycles. The summed E-state index contributed by atoms with van der Waals surface area (Å²) >= 11 is 13.1. The van der Waals surface area contributed by atoms with Gasteiger partial charge >= 0.3 is 0 Å². The summed E-state index contributed by atoms with van der Waals surface area (Å²) < 4.78 is 10.5. The molecule has 0 amide bonds. The molecule has 7 heteroatoms. The number of rotatable bonds is 6. The number of ether oxygens (including phenoxy) is 2. The monoisotopic (exact) mass is 356 g/mol. The molecule has 0 bridgehead atoms. The summed E-state index contributed by atoms with van der Waals surface area (Å²) in [5.74, 6) is 1.17. The van der Waals surface area contributed by atoms with Crippen LogP contribution in [-0.2, 0) is 6.42 Å². The Labute approximate surface area is 144 Å². The van der Waals surface area contributed by atoms with Gasteiger partial charge in [0.2, 0.25) is 0 Å². The Morgan fingerprint density at radius 1 is 1.27 bits per heavy atom. The molecular weight excluding hydrogens is 340 g/mol. The van der Waals surface area contributed by atoms with E-state index in [9.17, 15) is 0 Å². The molecule has 0 aliphatic carbocycles. The van der Waals surface area contributed by atoms with Gasteiger partial charge in [0.25, 0.3) is 0 Å². The highest BCUT2D eigenvalue weighted by molar-refractivity contribution is 7.80. The molecule has 1 aromatic carbocycles. The molecule has 0 unspecified atom stereocenters. The number of thiocarbonyl (C=S) groups is 1. The predicted molar refractivity (Wildman–Crippen MR) is 96.8 cm³/mol. The maximum absolute atomic E-state index is 6.08. The Balaban J connectivity index is 1.95. The Hall–Kier alpha value is -1.50. The van der Waals surface area contributed by atoms with E-state index in [0.29, 0.717) is 27.3 Å². The van der Waals surface area contributed by atoms with E-state index < -0.39 is 0 Å². The van der Waals surface area contributed by atoms with Crippen LogP contribution in [0.15, 0.2) is 29.6 Å². The van der Waals surface area contributed by atoms with E-state index in [0.717, 1.165) is 13.0 Å². The van der Waals surface area contributed by atoms with Crippen molar-refractivity contribution in [1.82, 2.24) is 5.32 Å². The Morgan fingerprint density at radius 2 is 2.05 bits per heavy atom. The van der Waals surface area contributed by atoms with E-state index in [4.69, 9.17) is 33.3 Å². The van der Waals surface area contributed by atoms with Gasteiger partial charge in [0, 0.05) is 23.6 Å². The third-order valence-corrected chi connectivity index (χ3v) is 4.44. The lowest BCUT2D eigenvalue weighted by atomic mass is 10.2. The van der Waals surface area contributed by atoms with Crippen molar-refractivity contribution in [2.75, 3.05) is 26.1 Å². The number of hydrogen-bond donors (Lipinski definition) is 2. The van der Waals surface area contributed by atoms with Gasteiger partial charge in [-0.25, -0.2) is 0 Å². The molecule has 0 aliphatic rings. The second-order valence-electron chi connectivity index (χ2n) is 4.40. The van der Waals surface area contributed by atoms with Crippen LogP contribution >= 0.6 is 35.2 Å². The fourth-order valence-corrected chi connectivity index (χ4v) is 3.03. The van der Waals surface area contributed by atoms with Crippen molar-refractivity contribution >= 4 is 46.0 Å². The van der Waals surface area contributed by atoms with E-state index in [1.54, 1.807) is 37.7 Å². The van der Waals surface area contributed by atoms with Gasteiger partial charge in [-0.05, 0) is 30.1 Å². The van der Waals surface area contributed by atoms with Crippen molar-refractivity contribution in [2.45, 2.75) is 6.42 Å². The third kappa shape index (κ3) is 4.50. The van der Waals surface area contributed by atoms with Crippen LogP contribution < -0.4 is 20.1 Å². The molecule has 1 aromatic heterocycles. The number of hydrogen-bond acceptors (Lipinski definition) is 4. The molecule has 0 spiro atoms. The van der Waals surface area contributed by atoms with E-state index in [2.05, 4.69) is 22.1 Å². The van der Waals surface area contributed by atoms with Crippen LogP contribution in [-0.4, -0.2) is 25.9 Å². The van der Waals surface area contributed by atoms with Crippen LogP contribution in [0.3, 0.4) is 0 Å². The second kappa shape index (κ2) is 8.22. The van der Waals surface area contributed by atoms with Gasteiger partial charge in [0.05, 0.1) is 24.9 Å². The number of benzene rings is 1. The maximum atomic E-state index is 6.08. The van der Waals surface area contributed by atoms with Crippen molar-refractivity contribution in [3.8, 4) is 11.5 Å². The van der Waals surface area contributed by atoms with Crippen LogP contribution in [0.1, 0.15) is 4.88 Å². The van der Waals surface area contributed by atoms with Gasteiger partial charge in [0.1, 0.15) is 11.5 Å². The lowest BCUT2D eigenvalue weighted by Crippen LogP contribution is -2.30. The Bertz CT molecular complexity index is 633. The molecule has 2 aromatic rings. The average molecular weight is 357 g/mol. The molecule has 0 saturated carbocycles. The Morgan fingerprint density at radius 3 is 2.68 bits per heavy atom. The molecule has 4 nitrogen and oxygen atoms in total. The second-order valence-corrected chi connectivity index (χ2v) is 6.24. The van der Waals surface area contributed by atoms with Crippen molar-refractivity contribution in [1.29, 1.82) is 0 Å². The lowest BCUT2D eigenvalue weighted by Gasteiger charge is -2.15. The maximum Gasteiger partial charge on any atom is 0.170 e. The average Bonchev–Trinajstić information content (AvgIpc) is 3.01. The standard InChI is InChI=1S/C15H17ClN2O2S2/c1-19-13-9-12(14(20-2)8-11(13)16)18-15(21)17-6-5-10-4-3-7-22-10/h3-4,7-9H,5-6H2,1-2H3,(H2,17,18,21). The normalized spacial score (nSPS) is 10.1. The molecule has 118 valence electrons.